The van der Waals surface area contributed by atoms with Crippen molar-refractivity contribution in [1.82, 2.24) is 0 Å². The van der Waals surface area contributed by atoms with E-state index in [-0.39, 0.29) is 0 Å². The highest BCUT2D eigenvalue weighted by atomic mass is 16.5. The fraction of sp³-hybridized carbons (Fsp3) is 1.00. The molecule has 0 bridgehead atoms. The zero-order valence-corrected chi connectivity index (χ0v) is 12.6. The Hall–Kier alpha value is -0.0800. The van der Waals surface area contributed by atoms with E-state index in [4.69, 9.17) is 9.84 Å². The molecule has 0 aliphatic heterocycles. The van der Waals surface area contributed by atoms with Crippen LogP contribution in [-0.2, 0) is 4.74 Å². The Kier molecular flexibility index (Phi) is 14.9. The summed E-state index contributed by atoms with van der Waals surface area (Å²) >= 11 is 0. The van der Waals surface area contributed by atoms with E-state index < -0.39 is 0 Å². The van der Waals surface area contributed by atoms with Gasteiger partial charge in [-0.05, 0) is 18.8 Å². The van der Waals surface area contributed by atoms with Gasteiger partial charge in [-0.1, -0.05) is 65.2 Å². The van der Waals surface area contributed by atoms with Gasteiger partial charge in [0.2, 0.25) is 0 Å². The largest absolute Gasteiger partial charge is 0.396 e. The third-order valence-corrected chi connectivity index (χ3v) is 3.55. The summed E-state index contributed by atoms with van der Waals surface area (Å²) in [6.07, 6.45) is 12.6. The fourth-order valence-electron chi connectivity index (χ4n) is 1.96. The van der Waals surface area contributed by atoms with E-state index in [2.05, 4.69) is 13.8 Å². The Balaban J connectivity index is 2.94. The van der Waals surface area contributed by atoms with Crippen LogP contribution in [0.25, 0.3) is 0 Å². The summed E-state index contributed by atoms with van der Waals surface area (Å²) in [6.45, 7) is 6.70. The number of hydrogen-bond acceptors (Lipinski definition) is 2. The molecule has 0 aliphatic carbocycles. The molecule has 1 unspecified atom stereocenters. The average Bonchev–Trinajstić information content (AvgIpc) is 2.39. The van der Waals surface area contributed by atoms with Crippen molar-refractivity contribution < 1.29 is 9.84 Å². The highest BCUT2D eigenvalue weighted by molar-refractivity contribution is 4.49. The van der Waals surface area contributed by atoms with Crippen LogP contribution >= 0.6 is 0 Å². The highest BCUT2D eigenvalue weighted by Crippen LogP contribution is 2.10. The minimum Gasteiger partial charge on any atom is -0.396 e. The van der Waals surface area contributed by atoms with Crippen LogP contribution in [0.3, 0.4) is 0 Å². The smallest absolute Gasteiger partial charge is 0.0491 e. The molecular formula is C16H34O2. The van der Waals surface area contributed by atoms with Gasteiger partial charge in [0.15, 0.2) is 0 Å². The first-order valence-electron chi connectivity index (χ1n) is 7.99. The van der Waals surface area contributed by atoms with Crippen molar-refractivity contribution >= 4 is 0 Å². The summed E-state index contributed by atoms with van der Waals surface area (Å²) < 4.78 is 5.63. The van der Waals surface area contributed by atoms with Crippen LogP contribution in [0.4, 0.5) is 0 Å². The Bertz CT molecular complexity index is 148. The van der Waals surface area contributed by atoms with E-state index >= 15 is 0 Å². The number of unbranched alkanes of at least 4 members (excludes halogenated alkanes) is 8. The lowest BCUT2D eigenvalue weighted by Crippen LogP contribution is -2.05. The van der Waals surface area contributed by atoms with Gasteiger partial charge >= 0.3 is 0 Å². The molecule has 0 amide bonds. The molecule has 0 spiro atoms. The summed E-state index contributed by atoms with van der Waals surface area (Å²) in [4.78, 5) is 0. The van der Waals surface area contributed by atoms with Gasteiger partial charge in [-0.3, -0.25) is 0 Å². The summed E-state index contributed by atoms with van der Waals surface area (Å²) in [6, 6.07) is 0. The van der Waals surface area contributed by atoms with Crippen LogP contribution in [0.1, 0.15) is 78.1 Å². The molecule has 1 N–H and O–H groups in total. The quantitative estimate of drug-likeness (QED) is 0.463. The molecule has 0 rings (SSSR count). The predicted molar refractivity (Wildman–Crippen MR) is 78.9 cm³/mol. The van der Waals surface area contributed by atoms with Crippen LogP contribution in [-0.4, -0.2) is 24.9 Å². The van der Waals surface area contributed by atoms with Gasteiger partial charge in [-0.15, -0.1) is 0 Å². The third-order valence-electron chi connectivity index (χ3n) is 3.55. The van der Waals surface area contributed by atoms with E-state index in [1.165, 1.54) is 57.8 Å². The molecule has 0 saturated carbocycles. The summed E-state index contributed by atoms with van der Waals surface area (Å²) in [5.74, 6) is 0.712. The number of rotatable bonds is 14. The van der Waals surface area contributed by atoms with Gasteiger partial charge < -0.3 is 9.84 Å². The summed E-state index contributed by atoms with van der Waals surface area (Å²) in [5.41, 5.74) is 0. The number of hydrogen-bond donors (Lipinski definition) is 1. The lowest BCUT2D eigenvalue weighted by Gasteiger charge is -2.09. The molecule has 0 aromatic carbocycles. The first-order valence-corrected chi connectivity index (χ1v) is 7.99. The molecule has 2 heteroatoms. The maximum atomic E-state index is 8.65. The van der Waals surface area contributed by atoms with Crippen molar-refractivity contribution in [3.8, 4) is 0 Å². The zero-order chi connectivity index (χ0) is 13.5. The lowest BCUT2D eigenvalue weighted by molar-refractivity contribution is 0.100. The van der Waals surface area contributed by atoms with Gasteiger partial charge in [0, 0.05) is 19.8 Å². The second-order valence-electron chi connectivity index (χ2n) is 5.49. The first-order chi connectivity index (χ1) is 8.81. The lowest BCUT2D eigenvalue weighted by atomic mass is 10.1. The molecule has 2 nitrogen and oxygen atoms in total. The second kappa shape index (κ2) is 15.0. The maximum Gasteiger partial charge on any atom is 0.0491 e. The minimum absolute atomic E-state index is 0.358. The molecule has 0 saturated heterocycles. The van der Waals surface area contributed by atoms with Crippen LogP contribution in [0.15, 0.2) is 0 Å². The number of ether oxygens (including phenoxy) is 1. The monoisotopic (exact) mass is 258 g/mol. The average molecular weight is 258 g/mol. The summed E-state index contributed by atoms with van der Waals surface area (Å²) in [7, 11) is 0. The van der Waals surface area contributed by atoms with Crippen molar-refractivity contribution in [2.24, 2.45) is 5.92 Å². The first kappa shape index (κ1) is 17.9. The highest BCUT2D eigenvalue weighted by Gasteiger charge is 1.98. The molecular weight excluding hydrogens is 224 g/mol. The summed E-state index contributed by atoms with van der Waals surface area (Å²) in [5, 5.41) is 8.65. The second-order valence-corrected chi connectivity index (χ2v) is 5.49. The SMILES string of the molecule is CCC(C)COCCCCCCCCCCCO. The normalized spacial score (nSPS) is 12.8. The van der Waals surface area contributed by atoms with Crippen molar-refractivity contribution in [2.75, 3.05) is 19.8 Å². The predicted octanol–water partition coefficient (Wildman–Crippen LogP) is 4.55. The number of aliphatic hydroxyl groups excluding tert-OH is 1. The van der Waals surface area contributed by atoms with E-state index in [1.54, 1.807) is 0 Å². The number of aliphatic hydroxyl groups is 1. The third kappa shape index (κ3) is 14.0. The van der Waals surface area contributed by atoms with Crippen LogP contribution in [0, 0.1) is 5.92 Å². The molecule has 18 heavy (non-hydrogen) atoms. The molecule has 0 fully saturated rings. The minimum atomic E-state index is 0.358. The van der Waals surface area contributed by atoms with Crippen LogP contribution in [0.2, 0.25) is 0 Å². The molecule has 0 aromatic rings. The van der Waals surface area contributed by atoms with Gasteiger partial charge in [0.25, 0.3) is 0 Å². The molecule has 0 radical (unpaired) electrons. The Morgan fingerprint density at radius 1 is 0.833 bits per heavy atom. The van der Waals surface area contributed by atoms with Gasteiger partial charge in [-0.25, -0.2) is 0 Å². The van der Waals surface area contributed by atoms with E-state index in [0.29, 0.717) is 12.5 Å². The van der Waals surface area contributed by atoms with Gasteiger partial charge in [0.1, 0.15) is 0 Å². The molecule has 110 valence electrons. The molecule has 1 atom stereocenters. The van der Waals surface area contributed by atoms with Crippen molar-refractivity contribution in [3.63, 3.8) is 0 Å². The van der Waals surface area contributed by atoms with Gasteiger partial charge in [-0.2, -0.15) is 0 Å². The topological polar surface area (TPSA) is 29.5 Å². The Morgan fingerprint density at radius 3 is 1.83 bits per heavy atom. The Labute approximate surface area is 114 Å². The van der Waals surface area contributed by atoms with Crippen molar-refractivity contribution in [2.45, 2.75) is 78.1 Å². The van der Waals surface area contributed by atoms with Gasteiger partial charge in [0.05, 0.1) is 0 Å². The van der Waals surface area contributed by atoms with Crippen LogP contribution < -0.4 is 0 Å². The van der Waals surface area contributed by atoms with Crippen molar-refractivity contribution in [1.29, 1.82) is 0 Å². The molecule has 0 heterocycles. The van der Waals surface area contributed by atoms with Crippen LogP contribution in [0.5, 0.6) is 0 Å². The molecule has 0 aliphatic rings. The fourth-order valence-corrected chi connectivity index (χ4v) is 1.96. The zero-order valence-electron chi connectivity index (χ0n) is 12.6. The van der Waals surface area contributed by atoms with E-state index in [0.717, 1.165) is 19.6 Å². The Morgan fingerprint density at radius 2 is 1.33 bits per heavy atom. The van der Waals surface area contributed by atoms with E-state index in [1.807, 2.05) is 0 Å². The van der Waals surface area contributed by atoms with E-state index in [9.17, 15) is 0 Å². The standard InChI is InChI=1S/C16H34O2/c1-3-16(2)15-18-14-12-10-8-6-4-5-7-9-11-13-17/h16-17H,3-15H2,1-2H3. The maximum absolute atomic E-state index is 8.65. The van der Waals surface area contributed by atoms with Crippen molar-refractivity contribution in [3.05, 3.63) is 0 Å². The molecule has 0 aromatic heterocycles.